The summed E-state index contributed by atoms with van der Waals surface area (Å²) >= 11 is 0. The summed E-state index contributed by atoms with van der Waals surface area (Å²) in [5, 5.41) is 0. The zero-order chi connectivity index (χ0) is 28.8. The second-order valence-electron chi connectivity index (χ2n) is 10.1. The van der Waals surface area contributed by atoms with Gasteiger partial charge in [-0.05, 0) is 72.4 Å². The van der Waals surface area contributed by atoms with Gasteiger partial charge in [-0.25, -0.2) is 13.2 Å². The van der Waals surface area contributed by atoms with Gasteiger partial charge in [-0.3, -0.25) is 0 Å². The first-order valence-electron chi connectivity index (χ1n) is 13.1. The Balaban J connectivity index is 1.51. The van der Waals surface area contributed by atoms with Crippen LogP contribution in [0.2, 0.25) is 0 Å². The summed E-state index contributed by atoms with van der Waals surface area (Å²) < 4.78 is 51.1. The Morgan fingerprint density at radius 1 is 0.975 bits per heavy atom. The van der Waals surface area contributed by atoms with Gasteiger partial charge in [0.05, 0.1) is 32.7 Å². The highest BCUT2D eigenvalue weighted by Crippen LogP contribution is 2.35. The number of benzene rings is 3. The van der Waals surface area contributed by atoms with Gasteiger partial charge in [0.1, 0.15) is 40.2 Å². The fraction of sp³-hybridized carbons (Fsp3) is 0.387. The van der Waals surface area contributed by atoms with Crippen molar-refractivity contribution in [2.24, 2.45) is 0 Å². The minimum atomic E-state index is -3.05. The first kappa shape index (κ1) is 29.6. The number of carbonyl (C=O) groups is 1. The van der Waals surface area contributed by atoms with Crippen molar-refractivity contribution < 1.29 is 36.9 Å². The Kier molecular flexibility index (Phi) is 9.50. The molecule has 0 unspecified atom stereocenters. The van der Waals surface area contributed by atoms with E-state index in [4.69, 9.17) is 18.9 Å². The van der Waals surface area contributed by atoms with Crippen LogP contribution in [0, 0.1) is 13.8 Å². The van der Waals surface area contributed by atoms with Crippen molar-refractivity contribution in [3.8, 4) is 22.6 Å². The van der Waals surface area contributed by atoms with Crippen molar-refractivity contribution in [2.75, 3.05) is 45.5 Å². The molecule has 1 saturated heterocycles. The van der Waals surface area contributed by atoms with Crippen LogP contribution in [0.3, 0.4) is 0 Å². The van der Waals surface area contributed by atoms with Crippen LogP contribution in [0.1, 0.15) is 28.7 Å². The molecule has 9 heteroatoms. The summed E-state index contributed by atoms with van der Waals surface area (Å²) in [7, 11) is -1.73. The lowest BCUT2D eigenvalue weighted by Gasteiger charge is -2.41. The van der Waals surface area contributed by atoms with Crippen LogP contribution in [0.5, 0.6) is 11.5 Å². The Morgan fingerprint density at radius 2 is 1.68 bits per heavy atom. The van der Waals surface area contributed by atoms with Crippen LogP contribution >= 0.6 is 0 Å². The van der Waals surface area contributed by atoms with E-state index in [1.54, 1.807) is 0 Å². The van der Waals surface area contributed by atoms with Crippen molar-refractivity contribution in [2.45, 2.75) is 32.5 Å². The summed E-state index contributed by atoms with van der Waals surface area (Å²) in [6, 6.07) is 19.8. The molecular formula is C31H36O8S. The minimum Gasteiger partial charge on any atom is -0.493 e. The number of rotatable bonds is 13. The molecule has 214 valence electrons. The first-order chi connectivity index (χ1) is 19.1. The maximum atomic E-state index is 11.6. The fourth-order valence-corrected chi connectivity index (χ4v) is 5.30. The second kappa shape index (κ2) is 12.8. The van der Waals surface area contributed by atoms with Gasteiger partial charge in [-0.1, -0.05) is 36.4 Å². The van der Waals surface area contributed by atoms with Gasteiger partial charge in [0, 0.05) is 11.8 Å². The minimum absolute atomic E-state index is 0.0710. The molecule has 0 amide bonds. The molecule has 3 aromatic carbocycles. The normalized spacial score (nSPS) is 14.3. The highest BCUT2D eigenvalue weighted by atomic mass is 32.2. The molecule has 0 spiro atoms. The maximum absolute atomic E-state index is 11.6. The number of hydrogen-bond acceptors (Lipinski definition) is 8. The first-order valence-corrected chi connectivity index (χ1v) is 15.2. The van der Waals surface area contributed by atoms with E-state index in [9.17, 15) is 13.2 Å². The molecule has 0 aliphatic carbocycles. The van der Waals surface area contributed by atoms with Gasteiger partial charge in [0.2, 0.25) is 0 Å². The second-order valence-corrected chi connectivity index (χ2v) is 12.3. The molecule has 0 radical (unpaired) electrons. The number of esters is 1. The van der Waals surface area contributed by atoms with Crippen molar-refractivity contribution in [3.63, 3.8) is 0 Å². The molecule has 3 aromatic rings. The molecule has 4 rings (SSSR count). The van der Waals surface area contributed by atoms with Crippen molar-refractivity contribution >= 4 is 15.8 Å². The number of ether oxygens (including phenoxy) is 5. The standard InChI is InChI=1S/C31H36O8S/c1-22-7-5-8-23(2)30(22)24-9-14-28(37-15-6-16-40(4,33)34)25(17-24)18-38-27-12-10-26(11-13-27)31(20-36-21-31)39-19-29(32)35-3/h5,7-14,17H,6,15-16,18-21H2,1-4H3. The van der Waals surface area contributed by atoms with Gasteiger partial charge in [-0.2, -0.15) is 0 Å². The fourth-order valence-electron chi connectivity index (χ4n) is 4.65. The number of methoxy groups -OCH3 is 1. The number of hydrogen-bond donors (Lipinski definition) is 0. The highest BCUT2D eigenvalue weighted by molar-refractivity contribution is 7.90. The molecule has 1 aliphatic heterocycles. The molecule has 1 fully saturated rings. The van der Waals surface area contributed by atoms with Gasteiger partial charge in [0.15, 0.2) is 0 Å². The maximum Gasteiger partial charge on any atom is 0.331 e. The quantitative estimate of drug-likeness (QED) is 0.215. The van der Waals surface area contributed by atoms with Gasteiger partial charge >= 0.3 is 5.97 Å². The summed E-state index contributed by atoms with van der Waals surface area (Å²) in [5.74, 6) is 0.944. The zero-order valence-corrected chi connectivity index (χ0v) is 24.2. The van der Waals surface area contributed by atoms with Crippen LogP contribution in [0.4, 0.5) is 0 Å². The third-order valence-corrected chi connectivity index (χ3v) is 7.92. The van der Waals surface area contributed by atoms with Crippen molar-refractivity contribution in [1.29, 1.82) is 0 Å². The lowest BCUT2D eigenvalue weighted by Crippen LogP contribution is -2.49. The zero-order valence-electron chi connectivity index (χ0n) is 23.4. The molecule has 0 saturated carbocycles. The van der Waals surface area contributed by atoms with E-state index in [1.807, 2.05) is 42.5 Å². The van der Waals surface area contributed by atoms with Crippen LogP contribution in [0.15, 0.2) is 60.7 Å². The smallest absolute Gasteiger partial charge is 0.331 e. The average Bonchev–Trinajstić information content (AvgIpc) is 2.90. The van der Waals surface area contributed by atoms with E-state index in [0.29, 0.717) is 31.1 Å². The van der Waals surface area contributed by atoms with E-state index in [-0.39, 0.29) is 25.6 Å². The summed E-state index contributed by atoms with van der Waals surface area (Å²) in [5.41, 5.74) is 5.63. The number of aryl methyl sites for hydroxylation is 2. The third kappa shape index (κ3) is 7.41. The molecule has 8 nitrogen and oxygen atoms in total. The average molecular weight is 569 g/mol. The SMILES string of the molecule is COC(=O)COC1(c2ccc(OCc3cc(-c4c(C)cccc4C)ccc3OCCCS(C)(=O)=O)cc2)COC1. The van der Waals surface area contributed by atoms with E-state index in [2.05, 4.69) is 36.8 Å². The lowest BCUT2D eigenvalue weighted by atomic mass is 9.91. The van der Waals surface area contributed by atoms with E-state index >= 15 is 0 Å². The Labute approximate surface area is 236 Å². The van der Waals surface area contributed by atoms with Crippen LogP contribution in [-0.2, 0) is 41.1 Å². The lowest BCUT2D eigenvalue weighted by molar-refractivity contribution is -0.220. The van der Waals surface area contributed by atoms with Crippen LogP contribution in [-0.4, -0.2) is 59.9 Å². The van der Waals surface area contributed by atoms with E-state index in [1.165, 1.54) is 24.5 Å². The Bertz CT molecular complexity index is 1410. The summed E-state index contributed by atoms with van der Waals surface area (Å²) in [6.07, 6.45) is 1.63. The largest absolute Gasteiger partial charge is 0.493 e. The third-order valence-electron chi connectivity index (χ3n) is 6.89. The molecule has 1 aliphatic rings. The molecule has 0 N–H and O–H groups in total. The van der Waals surface area contributed by atoms with Gasteiger partial charge < -0.3 is 23.7 Å². The molecule has 0 aromatic heterocycles. The molecular weight excluding hydrogens is 532 g/mol. The molecule has 40 heavy (non-hydrogen) atoms. The molecule has 0 bridgehead atoms. The monoisotopic (exact) mass is 568 g/mol. The Morgan fingerprint density at radius 3 is 2.27 bits per heavy atom. The van der Waals surface area contributed by atoms with Crippen LogP contribution < -0.4 is 9.47 Å². The summed E-state index contributed by atoms with van der Waals surface area (Å²) in [6.45, 7) is 5.28. The van der Waals surface area contributed by atoms with E-state index in [0.717, 1.165) is 22.3 Å². The summed E-state index contributed by atoms with van der Waals surface area (Å²) in [4.78, 5) is 11.6. The number of sulfone groups is 1. The molecule has 0 atom stereocenters. The number of carbonyl (C=O) groups excluding carboxylic acids is 1. The Hall–Kier alpha value is -3.40. The predicted octanol–water partition coefficient (Wildman–Crippen LogP) is 4.78. The van der Waals surface area contributed by atoms with Crippen molar-refractivity contribution in [1.82, 2.24) is 0 Å². The van der Waals surface area contributed by atoms with Crippen LogP contribution in [0.25, 0.3) is 11.1 Å². The van der Waals surface area contributed by atoms with Crippen molar-refractivity contribution in [3.05, 3.63) is 82.9 Å². The van der Waals surface area contributed by atoms with Gasteiger partial charge in [0.25, 0.3) is 0 Å². The highest BCUT2D eigenvalue weighted by Gasteiger charge is 2.42. The van der Waals surface area contributed by atoms with Gasteiger partial charge in [-0.15, -0.1) is 0 Å². The predicted molar refractivity (Wildman–Crippen MR) is 152 cm³/mol. The van der Waals surface area contributed by atoms with E-state index < -0.39 is 21.4 Å². The topological polar surface area (TPSA) is 97.4 Å². The molecule has 1 heterocycles.